The van der Waals surface area contributed by atoms with Crippen LogP contribution < -0.4 is 30.0 Å². The Bertz CT molecular complexity index is 1610. The number of nitrogen functional groups attached to an aromatic ring is 1. The Morgan fingerprint density at radius 3 is 2.29 bits per heavy atom. The van der Waals surface area contributed by atoms with E-state index in [2.05, 4.69) is 24.9 Å². The van der Waals surface area contributed by atoms with Gasteiger partial charge in [-0.2, -0.15) is 0 Å². The number of para-hydroxylation sites is 2. The minimum absolute atomic E-state index is 0.00146. The lowest BCUT2D eigenvalue weighted by molar-refractivity contribution is 0.0321. The van der Waals surface area contributed by atoms with Crippen molar-refractivity contribution in [1.29, 1.82) is 0 Å². The highest BCUT2D eigenvalue weighted by Crippen LogP contribution is 2.42. The molecule has 1 saturated heterocycles. The fraction of sp³-hybridized carbons (Fsp3) is 0.286. The fourth-order valence-corrected chi connectivity index (χ4v) is 5.32. The van der Waals surface area contributed by atoms with Crippen molar-refractivity contribution in [2.24, 2.45) is 0 Å². The van der Waals surface area contributed by atoms with Gasteiger partial charge >= 0.3 is 0 Å². The number of benzene rings is 3. The molecule has 0 radical (unpaired) electrons. The Morgan fingerprint density at radius 2 is 1.63 bits per heavy atom. The first-order valence-corrected chi connectivity index (χ1v) is 14.5. The number of nitrogens with two attached hydrogens (primary N) is 1. The Balaban J connectivity index is 1.51. The fourth-order valence-electron chi connectivity index (χ4n) is 4.31. The van der Waals surface area contributed by atoms with Gasteiger partial charge < -0.3 is 30.0 Å². The molecule has 0 atom stereocenters. The molecule has 0 spiro atoms. The number of hydrogen-bond donors (Lipinski definition) is 3. The minimum atomic E-state index is -4.02. The van der Waals surface area contributed by atoms with E-state index in [4.69, 9.17) is 24.7 Å². The number of hydrogen-bond acceptors (Lipinski definition) is 11. The molecule has 13 heteroatoms. The van der Waals surface area contributed by atoms with Crippen LogP contribution in [-0.4, -0.2) is 77.0 Å². The smallest absolute Gasteiger partial charge is 0.263 e. The van der Waals surface area contributed by atoms with E-state index in [-0.39, 0.29) is 16.5 Å². The highest BCUT2D eigenvalue weighted by atomic mass is 32.2. The summed E-state index contributed by atoms with van der Waals surface area (Å²) in [5.41, 5.74) is 7.73. The van der Waals surface area contributed by atoms with Crippen LogP contribution in [0.3, 0.4) is 0 Å². The summed E-state index contributed by atoms with van der Waals surface area (Å²) in [6.45, 7) is 4.12. The van der Waals surface area contributed by atoms with E-state index in [0.717, 1.165) is 13.1 Å². The van der Waals surface area contributed by atoms with Crippen LogP contribution in [0.25, 0.3) is 11.0 Å². The van der Waals surface area contributed by atoms with Gasteiger partial charge in [0, 0.05) is 37.5 Å². The van der Waals surface area contributed by atoms with Gasteiger partial charge in [0.2, 0.25) is 0 Å². The van der Waals surface area contributed by atoms with Crippen LogP contribution in [0.4, 0.5) is 23.0 Å². The lowest BCUT2D eigenvalue weighted by Gasteiger charge is -2.26. The molecule has 3 aromatic carbocycles. The van der Waals surface area contributed by atoms with Crippen LogP contribution in [-0.2, 0) is 14.8 Å². The van der Waals surface area contributed by atoms with Crippen LogP contribution in [0.2, 0.25) is 0 Å². The number of sulfonamides is 1. The summed E-state index contributed by atoms with van der Waals surface area (Å²) in [6.07, 6.45) is 0. The SMILES string of the molecule is COc1cc(Nc2nc3ccccc3nc2NS(=O)(=O)c2ccc(N)cc2)c(OCCN2CCOCC2)c(OC)c1. The molecule has 216 valence electrons. The lowest BCUT2D eigenvalue weighted by atomic mass is 10.2. The second-order valence-corrected chi connectivity index (χ2v) is 10.9. The molecule has 12 nitrogen and oxygen atoms in total. The first-order valence-electron chi connectivity index (χ1n) is 13.0. The van der Waals surface area contributed by atoms with E-state index in [1.807, 2.05) is 6.07 Å². The molecule has 2 heterocycles. The summed E-state index contributed by atoms with van der Waals surface area (Å²) in [7, 11) is -0.942. The van der Waals surface area contributed by atoms with Gasteiger partial charge in [0.1, 0.15) is 12.4 Å². The Labute approximate surface area is 238 Å². The first kappa shape index (κ1) is 28.2. The molecular formula is C28H32N6O6S. The van der Waals surface area contributed by atoms with E-state index in [0.29, 0.717) is 66.0 Å². The van der Waals surface area contributed by atoms with Gasteiger partial charge in [-0.05, 0) is 36.4 Å². The van der Waals surface area contributed by atoms with E-state index >= 15 is 0 Å². The Morgan fingerprint density at radius 1 is 0.951 bits per heavy atom. The van der Waals surface area contributed by atoms with Crippen molar-refractivity contribution in [1.82, 2.24) is 14.9 Å². The molecule has 41 heavy (non-hydrogen) atoms. The normalized spacial score (nSPS) is 14.0. The molecule has 0 saturated carbocycles. The third-order valence-corrected chi connectivity index (χ3v) is 7.84. The van der Waals surface area contributed by atoms with Crippen molar-refractivity contribution in [2.45, 2.75) is 4.90 Å². The lowest BCUT2D eigenvalue weighted by Crippen LogP contribution is -2.38. The van der Waals surface area contributed by atoms with E-state index in [9.17, 15) is 8.42 Å². The molecular weight excluding hydrogens is 548 g/mol. The van der Waals surface area contributed by atoms with Gasteiger partial charge in [-0.1, -0.05) is 12.1 Å². The minimum Gasteiger partial charge on any atom is -0.497 e. The summed E-state index contributed by atoms with van der Waals surface area (Å²) in [4.78, 5) is 11.6. The highest BCUT2D eigenvalue weighted by Gasteiger charge is 2.22. The van der Waals surface area contributed by atoms with Gasteiger partial charge in [0.05, 0.1) is 49.0 Å². The van der Waals surface area contributed by atoms with Crippen molar-refractivity contribution in [3.63, 3.8) is 0 Å². The highest BCUT2D eigenvalue weighted by molar-refractivity contribution is 7.92. The zero-order chi connectivity index (χ0) is 28.8. The van der Waals surface area contributed by atoms with Gasteiger partial charge in [-0.25, -0.2) is 18.4 Å². The van der Waals surface area contributed by atoms with Crippen LogP contribution in [0.15, 0.2) is 65.6 Å². The number of rotatable bonds is 11. The van der Waals surface area contributed by atoms with Crippen molar-refractivity contribution >= 4 is 44.1 Å². The zero-order valence-corrected chi connectivity index (χ0v) is 23.6. The summed E-state index contributed by atoms with van der Waals surface area (Å²) in [5, 5.41) is 3.22. The summed E-state index contributed by atoms with van der Waals surface area (Å²) < 4.78 is 51.9. The van der Waals surface area contributed by atoms with Crippen LogP contribution >= 0.6 is 0 Å². The topological polar surface area (TPSA) is 150 Å². The predicted molar refractivity (Wildman–Crippen MR) is 157 cm³/mol. The van der Waals surface area contributed by atoms with Gasteiger partial charge in [-0.3, -0.25) is 9.62 Å². The molecule has 0 bridgehead atoms. The van der Waals surface area contributed by atoms with Crippen LogP contribution in [0, 0.1) is 0 Å². The number of morpholine rings is 1. The molecule has 1 aromatic heterocycles. The van der Waals surface area contributed by atoms with Crippen molar-refractivity contribution in [3.05, 3.63) is 60.7 Å². The number of ether oxygens (including phenoxy) is 4. The number of nitrogens with zero attached hydrogens (tertiary/aromatic N) is 3. The Hall–Kier alpha value is -4.33. The Kier molecular flexibility index (Phi) is 8.57. The van der Waals surface area contributed by atoms with Gasteiger partial charge in [0.25, 0.3) is 10.0 Å². The van der Waals surface area contributed by atoms with E-state index in [1.165, 1.54) is 31.4 Å². The largest absolute Gasteiger partial charge is 0.497 e. The second-order valence-electron chi connectivity index (χ2n) is 9.22. The number of nitrogens with one attached hydrogen (secondary N) is 2. The molecule has 0 aliphatic carbocycles. The quantitative estimate of drug-likeness (QED) is 0.224. The van der Waals surface area contributed by atoms with E-state index < -0.39 is 10.0 Å². The third-order valence-electron chi connectivity index (χ3n) is 6.49. The standard InChI is InChI=1S/C28H32N6O6S/c1-37-20-17-24(26(25(18-20)38-2)40-16-13-34-11-14-39-15-12-34)32-27-28(31-23-6-4-3-5-22(23)30-27)33-41(35,36)21-9-7-19(29)8-10-21/h3-10,17-18H,11-16,29H2,1-2H3,(H,30,32)(H,31,33). The maximum Gasteiger partial charge on any atom is 0.263 e. The monoisotopic (exact) mass is 580 g/mol. The molecule has 0 unspecified atom stereocenters. The second kappa shape index (κ2) is 12.5. The van der Waals surface area contributed by atoms with Crippen molar-refractivity contribution in [3.8, 4) is 17.2 Å². The summed E-state index contributed by atoms with van der Waals surface area (Å²) in [6, 6.07) is 16.5. The van der Waals surface area contributed by atoms with Crippen LogP contribution in [0.5, 0.6) is 17.2 Å². The maximum atomic E-state index is 13.3. The number of methoxy groups -OCH3 is 2. The number of fused-ring (bicyclic) bond motifs is 1. The summed E-state index contributed by atoms with van der Waals surface area (Å²) >= 11 is 0. The maximum absolute atomic E-state index is 13.3. The van der Waals surface area contributed by atoms with Crippen molar-refractivity contribution < 1.29 is 27.4 Å². The summed E-state index contributed by atoms with van der Waals surface area (Å²) in [5.74, 6) is 1.52. The zero-order valence-electron chi connectivity index (χ0n) is 22.8. The van der Waals surface area contributed by atoms with Gasteiger partial charge in [-0.15, -0.1) is 0 Å². The molecule has 1 fully saturated rings. The van der Waals surface area contributed by atoms with Gasteiger partial charge in [0.15, 0.2) is 23.1 Å². The molecule has 5 rings (SSSR count). The van der Waals surface area contributed by atoms with Crippen molar-refractivity contribution in [2.75, 3.05) is 69.4 Å². The predicted octanol–water partition coefficient (Wildman–Crippen LogP) is 3.48. The molecule has 4 aromatic rings. The molecule has 1 aliphatic rings. The first-order chi connectivity index (χ1) is 19.9. The molecule has 0 amide bonds. The average molecular weight is 581 g/mol. The molecule has 1 aliphatic heterocycles. The average Bonchev–Trinajstić information content (AvgIpc) is 2.98. The molecule has 4 N–H and O–H groups in total. The number of anilines is 4. The van der Waals surface area contributed by atoms with Crippen LogP contribution in [0.1, 0.15) is 0 Å². The number of aromatic nitrogens is 2. The van der Waals surface area contributed by atoms with E-state index in [1.54, 1.807) is 37.4 Å². The third kappa shape index (κ3) is 6.70.